The van der Waals surface area contributed by atoms with Crippen molar-refractivity contribution in [2.45, 2.75) is 26.3 Å². The van der Waals surface area contributed by atoms with E-state index in [0.717, 1.165) is 11.8 Å². The van der Waals surface area contributed by atoms with Gasteiger partial charge in [0.1, 0.15) is 11.5 Å². The molecule has 3 rings (SSSR count). The minimum Gasteiger partial charge on any atom is -0.493 e. The van der Waals surface area contributed by atoms with E-state index in [1.807, 2.05) is 55.5 Å². The van der Waals surface area contributed by atoms with Crippen molar-refractivity contribution in [3.63, 3.8) is 0 Å². The molecule has 5 heteroatoms. The highest BCUT2D eigenvalue weighted by atomic mass is 16.5. The van der Waals surface area contributed by atoms with Gasteiger partial charge in [0, 0.05) is 5.39 Å². The molecule has 0 saturated carbocycles. The van der Waals surface area contributed by atoms with Crippen LogP contribution in [0.2, 0.25) is 0 Å². The maximum absolute atomic E-state index is 12.2. The second kappa shape index (κ2) is 7.95. The summed E-state index contributed by atoms with van der Waals surface area (Å²) < 4.78 is 16.7. The molecule has 1 aromatic heterocycles. The molecule has 0 spiro atoms. The molecule has 0 aliphatic rings. The third kappa shape index (κ3) is 3.99. The molecule has 0 aliphatic carbocycles. The summed E-state index contributed by atoms with van der Waals surface area (Å²) >= 11 is 0. The Kier molecular flexibility index (Phi) is 5.46. The summed E-state index contributed by atoms with van der Waals surface area (Å²) in [7, 11) is 1.60. The average Bonchev–Trinajstić information content (AvgIpc) is 3.11. The summed E-state index contributed by atoms with van der Waals surface area (Å²) in [6.07, 6.45) is 0.973. The van der Waals surface area contributed by atoms with Gasteiger partial charge in [0.15, 0.2) is 17.9 Å². The Morgan fingerprint density at radius 2 is 1.96 bits per heavy atom. The average molecular weight is 353 g/mol. The van der Waals surface area contributed by atoms with Crippen LogP contribution in [0, 0.1) is 0 Å². The molecule has 5 nitrogen and oxygen atoms in total. The van der Waals surface area contributed by atoms with Gasteiger partial charge >= 0.3 is 0 Å². The fourth-order valence-electron chi connectivity index (χ4n) is 2.75. The first-order valence-corrected chi connectivity index (χ1v) is 8.68. The van der Waals surface area contributed by atoms with E-state index in [0.29, 0.717) is 22.8 Å². The number of fused-ring (bicyclic) bond motifs is 1. The molecule has 0 saturated heterocycles. The SMILES string of the molecule is CCc1ccc(OCC(=O)NC(C)c2cc3cccc(OC)c3o2)cc1. The molecule has 1 N–H and O–H groups in total. The van der Waals surface area contributed by atoms with Crippen LogP contribution in [-0.4, -0.2) is 19.6 Å². The van der Waals surface area contributed by atoms with Gasteiger partial charge in [-0.2, -0.15) is 0 Å². The summed E-state index contributed by atoms with van der Waals surface area (Å²) in [6.45, 7) is 3.93. The van der Waals surface area contributed by atoms with E-state index < -0.39 is 0 Å². The van der Waals surface area contributed by atoms with Crippen molar-refractivity contribution in [3.05, 3.63) is 59.9 Å². The van der Waals surface area contributed by atoms with Gasteiger partial charge < -0.3 is 19.2 Å². The van der Waals surface area contributed by atoms with Gasteiger partial charge in [0.05, 0.1) is 13.2 Å². The quantitative estimate of drug-likeness (QED) is 0.689. The number of hydrogen-bond acceptors (Lipinski definition) is 4. The van der Waals surface area contributed by atoms with Crippen LogP contribution >= 0.6 is 0 Å². The molecule has 0 radical (unpaired) electrons. The molecule has 0 bridgehead atoms. The number of hydrogen-bond donors (Lipinski definition) is 1. The van der Waals surface area contributed by atoms with Crippen molar-refractivity contribution in [1.29, 1.82) is 0 Å². The monoisotopic (exact) mass is 353 g/mol. The van der Waals surface area contributed by atoms with Crippen molar-refractivity contribution in [3.8, 4) is 11.5 Å². The lowest BCUT2D eigenvalue weighted by atomic mass is 10.2. The van der Waals surface area contributed by atoms with Crippen LogP contribution in [-0.2, 0) is 11.2 Å². The standard InChI is InChI=1S/C21H23NO4/c1-4-15-8-10-17(11-9-15)25-13-20(23)22-14(2)19-12-16-6-5-7-18(24-3)21(16)26-19/h5-12,14H,4,13H2,1-3H3,(H,22,23). The van der Waals surface area contributed by atoms with Gasteiger partial charge in [-0.1, -0.05) is 31.2 Å². The number of carbonyl (C=O) groups excluding carboxylic acids is 1. The zero-order chi connectivity index (χ0) is 18.5. The number of methoxy groups -OCH3 is 1. The maximum Gasteiger partial charge on any atom is 0.258 e. The molecule has 136 valence electrons. The highest BCUT2D eigenvalue weighted by molar-refractivity contribution is 5.84. The number of benzene rings is 2. The fraction of sp³-hybridized carbons (Fsp3) is 0.286. The normalized spacial score (nSPS) is 12.0. The molecular formula is C21H23NO4. The number of ether oxygens (including phenoxy) is 2. The third-order valence-corrected chi connectivity index (χ3v) is 4.25. The summed E-state index contributed by atoms with van der Waals surface area (Å²) in [4.78, 5) is 12.2. The molecular weight excluding hydrogens is 330 g/mol. The first-order chi connectivity index (χ1) is 12.6. The van der Waals surface area contributed by atoms with Crippen LogP contribution in [0.3, 0.4) is 0 Å². The smallest absolute Gasteiger partial charge is 0.258 e. The highest BCUT2D eigenvalue weighted by Crippen LogP contribution is 2.30. The first-order valence-electron chi connectivity index (χ1n) is 8.68. The van der Waals surface area contributed by atoms with Crippen molar-refractivity contribution < 1.29 is 18.7 Å². The van der Waals surface area contributed by atoms with Gasteiger partial charge in [-0.05, 0) is 43.2 Å². The molecule has 0 fully saturated rings. The van der Waals surface area contributed by atoms with Crippen LogP contribution in [0.5, 0.6) is 11.5 Å². The molecule has 1 heterocycles. The van der Waals surface area contributed by atoms with Crippen LogP contribution in [0.15, 0.2) is 52.9 Å². The predicted octanol–water partition coefficient (Wildman–Crippen LogP) is 4.26. The van der Waals surface area contributed by atoms with Gasteiger partial charge in [0.2, 0.25) is 0 Å². The lowest BCUT2D eigenvalue weighted by Gasteiger charge is -2.12. The summed E-state index contributed by atoms with van der Waals surface area (Å²) in [5.74, 6) is 1.82. The number of para-hydroxylation sites is 1. The number of nitrogens with one attached hydrogen (secondary N) is 1. The number of rotatable bonds is 7. The third-order valence-electron chi connectivity index (χ3n) is 4.25. The zero-order valence-electron chi connectivity index (χ0n) is 15.2. The highest BCUT2D eigenvalue weighted by Gasteiger charge is 2.16. The minimum atomic E-state index is -0.273. The van der Waals surface area contributed by atoms with Crippen LogP contribution < -0.4 is 14.8 Å². The van der Waals surface area contributed by atoms with E-state index >= 15 is 0 Å². The van der Waals surface area contributed by atoms with E-state index in [2.05, 4.69) is 12.2 Å². The van der Waals surface area contributed by atoms with Crippen LogP contribution in [0.1, 0.15) is 31.2 Å². The van der Waals surface area contributed by atoms with Crippen molar-refractivity contribution in [2.24, 2.45) is 0 Å². The van der Waals surface area contributed by atoms with E-state index in [1.165, 1.54) is 5.56 Å². The topological polar surface area (TPSA) is 60.7 Å². The lowest BCUT2D eigenvalue weighted by Crippen LogP contribution is -2.31. The Bertz CT molecular complexity index is 883. The van der Waals surface area contributed by atoms with Gasteiger partial charge in [-0.25, -0.2) is 0 Å². The molecule has 2 aromatic carbocycles. The maximum atomic E-state index is 12.2. The molecule has 3 aromatic rings. The summed E-state index contributed by atoms with van der Waals surface area (Å²) in [5.41, 5.74) is 1.91. The summed E-state index contributed by atoms with van der Waals surface area (Å²) in [5, 5.41) is 3.83. The Balaban J connectivity index is 1.60. The Morgan fingerprint density at radius 3 is 2.65 bits per heavy atom. The van der Waals surface area contributed by atoms with Gasteiger partial charge in [-0.3, -0.25) is 4.79 Å². The van der Waals surface area contributed by atoms with Crippen LogP contribution in [0.25, 0.3) is 11.0 Å². The van der Waals surface area contributed by atoms with Crippen molar-refractivity contribution in [2.75, 3.05) is 13.7 Å². The molecule has 1 atom stereocenters. The predicted molar refractivity (Wildman–Crippen MR) is 101 cm³/mol. The van der Waals surface area contributed by atoms with Gasteiger partial charge in [0.25, 0.3) is 5.91 Å². The number of aryl methyl sites for hydroxylation is 1. The Labute approximate surface area is 152 Å². The fourth-order valence-corrected chi connectivity index (χ4v) is 2.75. The first kappa shape index (κ1) is 17.9. The second-order valence-electron chi connectivity index (χ2n) is 6.10. The second-order valence-corrected chi connectivity index (χ2v) is 6.10. The van der Waals surface area contributed by atoms with E-state index in [9.17, 15) is 4.79 Å². The van der Waals surface area contributed by atoms with Gasteiger partial charge in [-0.15, -0.1) is 0 Å². The Hall–Kier alpha value is -2.95. The molecule has 26 heavy (non-hydrogen) atoms. The van der Waals surface area contributed by atoms with Crippen molar-refractivity contribution >= 4 is 16.9 Å². The lowest BCUT2D eigenvalue weighted by molar-refractivity contribution is -0.123. The zero-order valence-corrected chi connectivity index (χ0v) is 15.2. The number of furan rings is 1. The molecule has 1 unspecified atom stereocenters. The number of amides is 1. The largest absolute Gasteiger partial charge is 0.493 e. The van der Waals surface area contributed by atoms with E-state index in [4.69, 9.17) is 13.9 Å². The van der Waals surface area contributed by atoms with Crippen LogP contribution in [0.4, 0.5) is 0 Å². The van der Waals surface area contributed by atoms with E-state index in [1.54, 1.807) is 7.11 Å². The minimum absolute atomic E-state index is 0.0423. The Morgan fingerprint density at radius 1 is 1.19 bits per heavy atom. The summed E-state index contributed by atoms with van der Waals surface area (Å²) in [6, 6.07) is 15.1. The van der Waals surface area contributed by atoms with Crippen molar-refractivity contribution in [1.82, 2.24) is 5.32 Å². The molecule has 1 amide bonds. The van der Waals surface area contributed by atoms with E-state index in [-0.39, 0.29) is 18.6 Å². The number of carbonyl (C=O) groups is 1. The molecule has 0 aliphatic heterocycles.